The molecule has 170 valence electrons. The van der Waals surface area contributed by atoms with Gasteiger partial charge in [0.1, 0.15) is 0 Å². The van der Waals surface area contributed by atoms with Gasteiger partial charge in [-0.3, -0.25) is 9.69 Å². The van der Waals surface area contributed by atoms with Crippen LogP contribution < -0.4 is 0 Å². The van der Waals surface area contributed by atoms with Crippen molar-refractivity contribution in [3.05, 3.63) is 57.8 Å². The summed E-state index contributed by atoms with van der Waals surface area (Å²) in [4.78, 5) is 19.2. The molecule has 0 radical (unpaired) electrons. The van der Waals surface area contributed by atoms with Crippen molar-refractivity contribution < 1.29 is 4.79 Å². The molecule has 1 aromatic heterocycles. The number of fused-ring (bicyclic) bond motifs is 3. The number of nitrogens with zero attached hydrogens (tertiary/aromatic N) is 4. The highest BCUT2D eigenvalue weighted by Gasteiger charge is 2.33. The van der Waals surface area contributed by atoms with Crippen molar-refractivity contribution in [2.24, 2.45) is 11.0 Å². The van der Waals surface area contributed by atoms with Crippen LogP contribution in [0.2, 0.25) is 0 Å². The first kappa shape index (κ1) is 21.8. The number of carbonyl (C=O) groups excluding carboxylic acids is 1. The molecule has 0 saturated carbocycles. The van der Waals surface area contributed by atoms with Crippen LogP contribution in [0.25, 0.3) is 0 Å². The lowest BCUT2D eigenvalue weighted by Gasteiger charge is -2.35. The van der Waals surface area contributed by atoms with E-state index in [2.05, 4.69) is 51.6 Å². The number of piperazine rings is 1. The van der Waals surface area contributed by atoms with E-state index in [-0.39, 0.29) is 5.91 Å². The predicted octanol–water partition coefficient (Wildman–Crippen LogP) is 4.24. The topological polar surface area (TPSA) is 39.2 Å². The summed E-state index contributed by atoms with van der Waals surface area (Å²) in [7, 11) is 0. The minimum atomic E-state index is 0.216. The third kappa shape index (κ3) is 5.13. The molecular weight excluding hydrogens is 416 g/mol. The first-order valence-corrected chi connectivity index (χ1v) is 13.1. The van der Waals surface area contributed by atoms with Crippen LogP contribution in [0.3, 0.4) is 0 Å². The van der Waals surface area contributed by atoms with Crippen molar-refractivity contribution in [2.75, 3.05) is 39.3 Å². The third-order valence-corrected chi connectivity index (χ3v) is 8.09. The zero-order chi connectivity index (χ0) is 21.8. The number of hydrazone groups is 1. The molecule has 0 bridgehead atoms. The van der Waals surface area contributed by atoms with Gasteiger partial charge in [0.25, 0.3) is 0 Å². The van der Waals surface area contributed by atoms with Crippen molar-refractivity contribution in [1.29, 1.82) is 0 Å². The summed E-state index contributed by atoms with van der Waals surface area (Å²) in [5, 5.41) is 8.84. The molecule has 2 aliphatic heterocycles. The molecule has 5 nitrogen and oxygen atoms in total. The van der Waals surface area contributed by atoms with Crippen LogP contribution in [0.1, 0.15) is 48.1 Å². The van der Waals surface area contributed by atoms with Crippen LogP contribution in [0.4, 0.5) is 0 Å². The lowest BCUT2D eigenvalue weighted by molar-refractivity contribution is -0.132. The molecule has 6 heteroatoms. The van der Waals surface area contributed by atoms with E-state index in [0.29, 0.717) is 12.3 Å². The number of carbonyl (C=O) groups is 1. The second-order valence-electron chi connectivity index (χ2n) is 9.38. The lowest BCUT2D eigenvalue weighted by atomic mass is 9.93. The number of amides is 1. The molecular formula is C26H34N4OS. The number of benzene rings is 1. The number of unbranched alkanes of at least 4 members (excludes halogenated alkanes) is 1. The molecule has 1 fully saturated rings. The molecule has 0 spiro atoms. The number of hydrogen-bond donors (Lipinski definition) is 0. The number of hydrogen-bond acceptors (Lipinski definition) is 5. The van der Waals surface area contributed by atoms with Gasteiger partial charge in [0.05, 0.1) is 10.6 Å². The van der Waals surface area contributed by atoms with Crippen molar-refractivity contribution >= 4 is 23.0 Å². The van der Waals surface area contributed by atoms with Crippen molar-refractivity contribution in [2.45, 2.75) is 45.1 Å². The quantitative estimate of drug-likeness (QED) is 0.593. The van der Waals surface area contributed by atoms with E-state index < -0.39 is 0 Å². The molecule has 1 aliphatic carbocycles. The summed E-state index contributed by atoms with van der Waals surface area (Å²) in [6.07, 6.45) is 6.17. The van der Waals surface area contributed by atoms with E-state index in [4.69, 9.17) is 5.10 Å². The van der Waals surface area contributed by atoms with Gasteiger partial charge in [-0.05, 0) is 61.2 Å². The molecule has 2 aromatic rings. The first-order valence-electron chi connectivity index (χ1n) is 12.2. The molecule has 3 aliphatic rings. The summed E-state index contributed by atoms with van der Waals surface area (Å²) in [6.45, 7) is 7.48. The second kappa shape index (κ2) is 10.3. The van der Waals surface area contributed by atoms with E-state index in [9.17, 15) is 4.79 Å². The van der Waals surface area contributed by atoms with Crippen LogP contribution in [0, 0.1) is 5.92 Å². The molecule has 0 N–H and O–H groups in total. The Kier molecular flexibility index (Phi) is 7.00. The molecule has 1 unspecified atom stereocenters. The zero-order valence-corrected chi connectivity index (χ0v) is 19.7. The average Bonchev–Trinajstić information content (AvgIpc) is 3.21. The smallest absolute Gasteiger partial charge is 0.243 e. The van der Waals surface area contributed by atoms with Gasteiger partial charge >= 0.3 is 0 Å². The molecule has 1 aromatic carbocycles. The largest absolute Gasteiger partial charge is 0.301 e. The van der Waals surface area contributed by atoms with Crippen molar-refractivity contribution in [1.82, 2.24) is 14.8 Å². The van der Waals surface area contributed by atoms with Gasteiger partial charge in [-0.25, -0.2) is 5.01 Å². The Labute approximate surface area is 195 Å². The van der Waals surface area contributed by atoms with E-state index in [1.54, 1.807) is 16.3 Å². The van der Waals surface area contributed by atoms with Crippen LogP contribution in [0.5, 0.6) is 0 Å². The number of rotatable bonds is 7. The summed E-state index contributed by atoms with van der Waals surface area (Å²) in [5.41, 5.74) is 4.01. The van der Waals surface area contributed by atoms with Crippen LogP contribution in [-0.2, 0) is 17.8 Å². The fourth-order valence-corrected chi connectivity index (χ4v) is 6.25. The normalized spacial score (nSPS) is 22.2. The zero-order valence-electron chi connectivity index (χ0n) is 18.9. The Bertz CT molecular complexity index is 932. The molecule has 32 heavy (non-hydrogen) atoms. The predicted molar refractivity (Wildman–Crippen MR) is 131 cm³/mol. The van der Waals surface area contributed by atoms with Gasteiger partial charge in [0, 0.05) is 51.6 Å². The highest BCUT2D eigenvalue weighted by molar-refractivity contribution is 7.12. The maximum atomic E-state index is 12.7. The van der Waals surface area contributed by atoms with Crippen LogP contribution in [-0.4, -0.2) is 65.7 Å². The minimum absolute atomic E-state index is 0.216. The van der Waals surface area contributed by atoms with Gasteiger partial charge in [0.2, 0.25) is 5.91 Å². The Morgan fingerprint density at radius 3 is 2.59 bits per heavy atom. The second-order valence-corrected chi connectivity index (χ2v) is 10.3. The maximum absolute atomic E-state index is 12.7. The molecule has 1 atom stereocenters. The highest BCUT2D eigenvalue weighted by atomic mass is 32.1. The Morgan fingerprint density at radius 2 is 1.75 bits per heavy atom. The highest BCUT2D eigenvalue weighted by Crippen LogP contribution is 2.33. The Morgan fingerprint density at radius 1 is 0.969 bits per heavy atom. The Balaban J connectivity index is 1.07. The fourth-order valence-electron chi connectivity index (χ4n) is 5.23. The van der Waals surface area contributed by atoms with Gasteiger partial charge in [-0.15, -0.1) is 11.3 Å². The van der Waals surface area contributed by atoms with E-state index >= 15 is 0 Å². The molecule has 3 heterocycles. The fraction of sp³-hybridized carbons (Fsp3) is 0.538. The van der Waals surface area contributed by atoms with E-state index in [0.717, 1.165) is 71.5 Å². The molecule has 1 saturated heterocycles. The molecule has 5 rings (SSSR count). The number of aryl methyl sites for hydroxylation is 1. The standard InChI is InChI=1S/C26H34N4OS/c31-24-19-23-10-6-9-22-11-18-32-26(22)25(23)27-30(24)13-5-4-12-28-14-16-29(17-15-28)20-21-7-2-1-3-8-21/h1-3,7-8,11,18,23H,4-6,9-10,12-17,19-20H2. The van der Waals surface area contributed by atoms with E-state index in [1.165, 1.54) is 28.1 Å². The minimum Gasteiger partial charge on any atom is -0.301 e. The summed E-state index contributed by atoms with van der Waals surface area (Å²) in [5.74, 6) is 0.541. The van der Waals surface area contributed by atoms with Crippen molar-refractivity contribution in [3.63, 3.8) is 0 Å². The SMILES string of the molecule is O=C1CC2CCCc3ccsc3C2=NN1CCCCN1CCN(Cc2ccccc2)CC1. The van der Waals surface area contributed by atoms with Gasteiger partial charge in [0.15, 0.2) is 0 Å². The van der Waals surface area contributed by atoms with Gasteiger partial charge in [-0.1, -0.05) is 30.3 Å². The third-order valence-electron chi connectivity index (χ3n) is 7.11. The lowest BCUT2D eigenvalue weighted by Crippen LogP contribution is -2.46. The van der Waals surface area contributed by atoms with Gasteiger partial charge < -0.3 is 4.90 Å². The number of thiophene rings is 1. The maximum Gasteiger partial charge on any atom is 0.243 e. The summed E-state index contributed by atoms with van der Waals surface area (Å²) in [6, 6.07) is 13.0. The van der Waals surface area contributed by atoms with Gasteiger partial charge in [-0.2, -0.15) is 5.10 Å². The van der Waals surface area contributed by atoms with E-state index in [1.807, 2.05) is 0 Å². The molecule has 1 amide bonds. The van der Waals surface area contributed by atoms with Crippen molar-refractivity contribution in [3.8, 4) is 0 Å². The average molecular weight is 451 g/mol. The Hall–Kier alpha value is -2.02. The first-order chi connectivity index (χ1) is 15.8. The summed E-state index contributed by atoms with van der Waals surface area (Å²) >= 11 is 1.80. The van der Waals surface area contributed by atoms with Crippen LogP contribution >= 0.6 is 11.3 Å². The monoisotopic (exact) mass is 450 g/mol. The summed E-state index contributed by atoms with van der Waals surface area (Å²) < 4.78 is 0. The van der Waals surface area contributed by atoms with Crippen LogP contribution in [0.15, 0.2) is 46.9 Å².